The van der Waals surface area contributed by atoms with Crippen molar-refractivity contribution in [3.05, 3.63) is 0 Å². The quantitative estimate of drug-likeness (QED) is 0.775. The number of carbonyl (C=O) groups is 2. The van der Waals surface area contributed by atoms with Crippen molar-refractivity contribution in [2.24, 2.45) is 11.3 Å². The van der Waals surface area contributed by atoms with Crippen LogP contribution in [0, 0.1) is 11.3 Å². The van der Waals surface area contributed by atoms with Gasteiger partial charge in [0, 0.05) is 26.2 Å². The average Bonchev–Trinajstić information content (AvgIpc) is 2.57. The summed E-state index contributed by atoms with van der Waals surface area (Å²) in [6, 6.07) is 0. The van der Waals surface area contributed by atoms with Crippen LogP contribution >= 0.6 is 0 Å². The first-order valence-corrected chi connectivity index (χ1v) is 7.07. The molecule has 0 spiro atoms. The van der Waals surface area contributed by atoms with E-state index in [1.165, 1.54) is 4.90 Å². The topological polar surface area (TPSA) is 81.1 Å². The van der Waals surface area contributed by atoms with Gasteiger partial charge in [0.05, 0.1) is 5.92 Å². The molecule has 1 aliphatic heterocycles. The van der Waals surface area contributed by atoms with Gasteiger partial charge in [-0.1, -0.05) is 20.8 Å². The molecule has 0 aromatic carbocycles. The molecule has 0 unspecified atom stereocenters. The maximum atomic E-state index is 11.6. The van der Waals surface area contributed by atoms with Gasteiger partial charge in [-0.25, -0.2) is 0 Å². The lowest BCUT2D eigenvalue weighted by atomic mass is 9.92. The van der Waals surface area contributed by atoms with E-state index in [4.69, 9.17) is 5.11 Å². The molecule has 116 valence electrons. The zero-order valence-electron chi connectivity index (χ0n) is 12.6. The predicted octanol–water partition coefficient (Wildman–Crippen LogP) is 0.260. The van der Waals surface area contributed by atoms with Crippen LogP contribution in [0.4, 0.5) is 0 Å². The van der Waals surface area contributed by atoms with Crippen LogP contribution in [0.25, 0.3) is 0 Å². The molecule has 2 N–H and O–H groups in total. The molecule has 1 rings (SSSR count). The van der Waals surface area contributed by atoms with Crippen molar-refractivity contribution in [3.63, 3.8) is 0 Å². The number of aliphatic hydroxyl groups is 1. The number of rotatable bonds is 4. The van der Waals surface area contributed by atoms with Gasteiger partial charge in [-0.2, -0.15) is 0 Å². The van der Waals surface area contributed by atoms with E-state index >= 15 is 0 Å². The molecule has 0 radical (unpaired) electrons. The zero-order chi connectivity index (χ0) is 15.3. The molecule has 1 heterocycles. The highest BCUT2D eigenvalue weighted by molar-refractivity contribution is 5.78. The van der Waals surface area contributed by atoms with E-state index in [1.807, 2.05) is 0 Å². The van der Waals surface area contributed by atoms with Crippen molar-refractivity contribution in [1.82, 2.24) is 9.80 Å². The summed E-state index contributed by atoms with van der Waals surface area (Å²) in [5.74, 6) is -1.87. The van der Waals surface area contributed by atoms with E-state index in [2.05, 4.69) is 25.7 Å². The molecule has 0 aromatic heterocycles. The number of amides is 1. The van der Waals surface area contributed by atoms with Crippen LogP contribution in [0.2, 0.25) is 0 Å². The first kappa shape index (κ1) is 16.9. The second-order valence-corrected chi connectivity index (χ2v) is 6.64. The summed E-state index contributed by atoms with van der Waals surface area (Å²) in [4.78, 5) is 26.4. The highest BCUT2D eigenvalue weighted by atomic mass is 16.4. The Morgan fingerprint density at radius 2 is 1.85 bits per heavy atom. The van der Waals surface area contributed by atoms with E-state index in [0.717, 1.165) is 13.0 Å². The van der Waals surface area contributed by atoms with Gasteiger partial charge in [0.2, 0.25) is 5.91 Å². The number of carboxylic acid groups (broad SMARTS) is 1. The maximum absolute atomic E-state index is 11.6. The van der Waals surface area contributed by atoms with Crippen LogP contribution in [-0.4, -0.2) is 71.2 Å². The maximum Gasteiger partial charge on any atom is 0.309 e. The van der Waals surface area contributed by atoms with Crippen LogP contribution in [0.1, 0.15) is 27.2 Å². The van der Waals surface area contributed by atoms with Gasteiger partial charge in [-0.15, -0.1) is 0 Å². The molecule has 20 heavy (non-hydrogen) atoms. The van der Waals surface area contributed by atoms with Crippen molar-refractivity contribution in [3.8, 4) is 0 Å². The number of carbonyl (C=O) groups excluding carboxylic acids is 1. The molecule has 1 amide bonds. The Bertz CT molecular complexity index is 352. The largest absolute Gasteiger partial charge is 0.481 e. The minimum Gasteiger partial charge on any atom is -0.481 e. The Labute approximate surface area is 120 Å². The standard InChI is InChI=1S/C14H26N2O4/c1-14(2,3)4-5-15-6-7-16(12(18)10-17)9-11(8-15)13(19)20/h11,17H,4-10H2,1-3H3,(H,19,20)/t11-/m1/s1. The molecule has 0 bridgehead atoms. The summed E-state index contributed by atoms with van der Waals surface area (Å²) in [6.45, 7) is 8.51. The molecular weight excluding hydrogens is 260 g/mol. The molecule has 1 fully saturated rings. The zero-order valence-corrected chi connectivity index (χ0v) is 12.6. The Morgan fingerprint density at radius 3 is 2.35 bits per heavy atom. The number of hydrogen-bond donors (Lipinski definition) is 2. The summed E-state index contributed by atoms with van der Waals surface area (Å²) in [5.41, 5.74) is 0.200. The van der Waals surface area contributed by atoms with E-state index in [0.29, 0.717) is 19.6 Å². The minimum absolute atomic E-state index is 0.181. The number of aliphatic carboxylic acids is 1. The van der Waals surface area contributed by atoms with Gasteiger partial charge < -0.3 is 20.0 Å². The monoisotopic (exact) mass is 286 g/mol. The van der Waals surface area contributed by atoms with E-state index in [-0.39, 0.29) is 12.0 Å². The average molecular weight is 286 g/mol. The van der Waals surface area contributed by atoms with Crippen LogP contribution in [0.3, 0.4) is 0 Å². The SMILES string of the molecule is CC(C)(C)CCN1CCN(C(=O)CO)C[C@H](C(=O)O)C1. The first-order chi connectivity index (χ1) is 9.23. The molecule has 1 saturated heterocycles. The van der Waals surface area contributed by atoms with Gasteiger partial charge in [-0.3, -0.25) is 9.59 Å². The van der Waals surface area contributed by atoms with Crippen molar-refractivity contribution < 1.29 is 19.8 Å². The van der Waals surface area contributed by atoms with Crippen LogP contribution in [0.15, 0.2) is 0 Å². The Hall–Kier alpha value is -1.14. The Morgan fingerprint density at radius 1 is 1.20 bits per heavy atom. The van der Waals surface area contributed by atoms with Crippen molar-refractivity contribution in [2.75, 3.05) is 39.3 Å². The fraction of sp³-hybridized carbons (Fsp3) is 0.857. The van der Waals surface area contributed by atoms with Gasteiger partial charge in [0.15, 0.2) is 0 Å². The van der Waals surface area contributed by atoms with Gasteiger partial charge in [-0.05, 0) is 18.4 Å². The number of carboxylic acids is 1. The fourth-order valence-electron chi connectivity index (χ4n) is 2.26. The predicted molar refractivity (Wildman–Crippen MR) is 75.3 cm³/mol. The summed E-state index contributed by atoms with van der Waals surface area (Å²) >= 11 is 0. The van der Waals surface area contributed by atoms with E-state index in [1.54, 1.807) is 0 Å². The molecule has 0 aliphatic carbocycles. The Kier molecular flexibility index (Phi) is 5.95. The van der Waals surface area contributed by atoms with Crippen LogP contribution in [0.5, 0.6) is 0 Å². The lowest BCUT2D eigenvalue weighted by Crippen LogP contribution is -2.39. The molecular formula is C14H26N2O4. The van der Waals surface area contributed by atoms with Crippen molar-refractivity contribution in [1.29, 1.82) is 0 Å². The molecule has 0 aromatic rings. The number of nitrogens with zero attached hydrogens (tertiary/aromatic N) is 2. The summed E-state index contributed by atoms with van der Waals surface area (Å²) in [6.07, 6.45) is 0.979. The lowest BCUT2D eigenvalue weighted by Gasteiger charge is -2.26. The summed E-state index contributed by atoms with van der Waals surface area (Å²) in [7, 11) is 0. The second-order valence-electron chi connectivity index (χ2n) is 6.64. The van der Waals surface area contributed by atoms with Crippen molar-refractivity contribution >= 4 is 11.9 Å². The van der Waals surface area contributed by atoms with E-state index in [9.17, 15) is 14.7 Å². The van der Waals surface area contributed by atoms with Crippen LogP contribution < -0.4 is 0 Å². The van der Waals surface area contributed by atoms with Gasteiger partial charge in [0.25, 0.3) is 0 Å². The first-order valence-electron chi connectivity index (χ1n) is 7.07. The fourth-order valence-corrected chi connectivity index (χ4v) is 2.26. The van der Waals surface area contributed by atoms with Gasteiger partial charge in [0.1, 0.15) is 6.61 Å². The molecule has 6 heteroatoms. The molecule has 0 saturated carbocycles. The van der Waals surface area contributed by atoms with Crippen molar-refractivity contribution in [2.45, 2.75) is 27.2 Å². The third-order valence-corrected chi connectivity index (χ3v) is 3.62. The molecule has 1 aliphatic rings. The summed E-state index contributed by atoms with van der Waals surface area (Å²) in [5, 5.41) is 18.2. The number of hydrogen-bond acceptors (Lipinski definition) is 4. The second kappa shape index (κ2) is 7.04. The molecule has 1 atom stereocenters. The summed E-state index contributed by atoms with van der Waals surface area (Å²) < 4.78 is 0. The van der Waals surface area contributed by atoms with Gasteiger partial charge >= 0.3 is 5.97 Å². The molecule has 6 nitrogen and oxygen atoms in total. The Balaban J connectivity index is 2.67. The highest BCUT2D eigenvalue weighted by Crippen LogP contribution is 2.20. The highest BCUT2D eigenvalue weighted by Gasteiger charge is 2.29. The smallest absolute Gasteiger partial charge is 0.309 e. The third kappa shape index (κ3) is 5.46. The lowest BCUT2D eigenvalue weighted by molar-refractivity contribution is -0.143. The number of aliphatic hydroxyl groups excluding tert-OH is 1. The van der Waals surface area contributed by atoms with E-state index < -0.39 is 24.4 Å². The van der Waals surface area contributed by atoms with Crippen LogP contribution in [-0.2, 0) is 9.59 Å². The minimum atomic E-state index is -0.886. The third-order valence-electron chi connectivity index (χ3n) is 3.62. The normalized spacial score (nSPS) is 21.6.